The van der Waals surface area contributed by atoms with Crippen LogP contribution in [-0.4, -0.2) is 18.4 Å². The van der Waals surface area contributed by atoms with E-state index < -0.39 is 12.0 Å². The predicted molar refractivity (Wildman–Crippen MR) is 79.9 cm³/mol. The van der Waals surface area contributed by atoms with E-state index in [1.54, 1.807) is 31.2 Å². The fraction of sp³-hybridized carbons (Fsp3) is 0.176. The number of nitrogens with one attached hydrogen (secondary N) is 1. The van der Waals surface area contributed by atoms with Gasteiger partial charge in [0.05, 0.1) is 17.7 Å². The minimum absolute atomic E-state index is 0.221. The molecule has 1 aliphatic rings. The molecular formula is C17H15NO4. The number of quaternary nitrogens is 1. The van der Waals surface area contributed by atoms with Crippen LogP contribution in [0.25, 0.3) is 0 Å². The molecule has 5 nitrogen and oxygen atoms in total. The molecular weight excluding hydrogens is 282 g/mol. The van der Waals surface area contributed by atoms with Gasteiger partial charge in [0.1, 0.15) is 5.69 Å². The molecule has 1 N–H and O–H groups in total. The molecule has 0 spiro atoms. The van der Waals surface area contributed by atoms with Gasteiger partial charge in [0.2, 0.25) is 5.78 Å². The van der Waals surface area contributed by atoms with Crippen LogP contribution in [0.5, 0.6) is 0 Å². The lowest BCUT2D eigenvalue weighted by Crippen LogP contribution is -3.01. The Hall–Kier alpha value is -2.50. The molecule has 0 saturated carbocycles. The first-order chi connectivity index (χ1) is 10.6. The maximum absolute atomic E-state index is 12.6. The molecule has 1 heterocycles. The van der Waals surface area contributed by atoms with Gasteiger partial charge in [0.25, 0.3) is 0 Å². The monoisotopic (exact) mass is 297 g/mol. The van der Waals surface area contributed by atoms with Crippen molar-refractivity contribution in [2.24, 2.45) is 0 Å². The number of fused-ring (bicyclic) bond motifs is 1. The van der Waals surface area contributed by atoms with Crippen molar-refractivity contribution in [1.29, 1.82) is 0 Å². The predicted octanol–water partition coefficient (Wildman–Crippen LogP) is 1.82. The lowest BCUT2D eigenvalue weighted by atomic mass is 10.0. The Kier molecular flexibility index (Phi) is 3.75. The van der Waals surface area contributed by atoms with E-state index in [4.69, 9.17) is 4.74 Å². The minimum atomic E-state index is -0.811. The summed E-state index contributed by atoms with van der Waals surface area (Å²) in [4.78, 5) is 24.2. The number of Topliss-reactive ketones (excluding diaryl/α,β-unsaturated/α-hetero) is 1. The first-order valence-corrected chi connectivity index (χ1v) is 7.08. The zero-order valence-corrected chi connectivity index (χ0v) is 12.0. The number of carbonyl (C=O) groups is 2. The highest BCUT2D eigenvalue weighted by molar-refractivity contribution is 6.06. The fourth-order valence-corrected chi connectivity index (χ4v) is 2.68. The summed E-state index contributed by atoms with van der Waals surface area (Å²) in [5.41, 5.74) is 1.62. The van der Waals surface area contributed by atoms with Gasteiger partial charge in [-0.1, -0.05) is 30.3 Å². The van der Waals surface area contributed by atoms with E-state index in [0.29, 0.717) is 16.8 Å². The van der Waals surface area contributed by atoms with E-state index in [1.165, 1.54) is 18.2 Å². The SMILES string of the molecule is CCOC(=O)c1ccc2c(c1)[NH+]([O-])C(c1ccccc1)C2=O. The Morgan fingerprint density at radius 1 is 1.23 bits per heavy atom. The van der Waals surface area contributed by atoms with E-state index in [9.17, 15) is 14.8 Å². The van der Waals surface area contributed by atoms with Crippen LogP contribution >= 0.6 is 0 Å². The molecule has 0 radical (unpaired) electrons. The summed E-state index contributed by atoms with van der Waals surface area (Å²) < 4.78 is 4.93. The molecule has 112 valence electrons. The van der Waals surface area contributed by atoms with Crippen LogP contribution in [0, 0.1) is 5.21 Å². The van der Waals surface area contributed by atoms with Crippen LogP contribution in [0.1, 0.15) is 39.2 Å². The van der Waals surface area contributed by atoms with Gasteiger partial charge in [-0.15, -0.1) is 0 Å². The van der Waals surface area contributed by atoms with E-state index in [0.717, 1.165) is 0 Å². The maximum Gasteiger partial charge on any atom is 0.338 e. The Morgan fingerprint density at radius 3 is 2.64 bits per heavy atom. The number of esters is 1. The number of carbonyl (C=O) groups excluding carboxylic acids is 2. The van der Waals surface area contributed by atoms with Crippen LogP contribution in [0.15, 0.2) is 48.5 Å². The summed E-state index contributed by atoms with van der Waals surface area (Å²) in [6, 6.07) is 12.6. The summed E-state index contributed by atoms with van der Waals surface area (Å²) in [5.74, 6) is -0.713. The quantitative estimate of drug-likeness (QED) is 0.693. The van der Waals surface area contributed by atoms with Crippen LogP contribution in [0.4, 0.5) is 5.69 Å². The standard InChI is InChI=1S/C17H15NO4/c1-2-22-17(20)12-8-9-13-14(10-12)18(21)15(16(13)19)11-6-4-3-5-7-11/h3-10,15,18H,2H2,1H3. The van der Waals surface area contributed by atoms with Crippen LogP contribution in [0.3, 0.4) is 0 Å². The third-order valence-corrected chi connectivity index (χ3v) is 3.72. The van der Waals surface area contributed by atoms with Gasteiger partial charge in [-0.2, -0.15) is 0 Å². The van der Waals surface area contributed by atoms with E-state index in [2.05, 4.69) is 0 Å². The number of rotatable bonds is 3. The second-order valence-electron chi connectivity index (χ2n) is 5.05. The first-order valence-electron chi connectivity index (χ1n) is 7.08. The largest absolute Gasteiger partial charge is 0.628 e. The second kappa shape index (κ2) is 5.71. The van der Waals surface area contributed by atoms with Crippen molar-refractivity contribution in [3.8, 4) is 0 Å². The molecule has 2 aromatic carbocycles. The molecule has 0 saturated heterocycles. The van der Waals surface area contributed by atoms with Crippen molar-refractivity contribution in [3.63, 3.8) is 0 Å². The summed E-state index contributed by atoms with van der Waals surface area (Å²) in [5, 5.41) is 12.3. The van der Waals surface area contributed by atoms with Gasteiger partial charge in [-0.3, -0.25) is 4.79 Å². The molecule has 2 unspecified atom stereocenters. The zero-order valence-electron chi connectivity index (χ0n) is 12.0. The van der Waals surface area contributed by atoms with Crippen molar-refractivity contribution in [1.82, 2.24) is 0 Å². The van der Waals surface area contributed by atoms with Crippen LogP contribution < -0.4 is 5.06 Å². The molecule has 0 amide bonds. The van der Waals surface area contributed by atoms with E-state index in [-0.39, 0.29) is 23.0 Å². The summed E-state index contributed by atoms with van der Waals surface area (Å²) in [6.07, 6.45) is 0. The number of hydrogen-bond donors (Lipinski definition) is 1. The Bertz CT molecular complexity index is 727. The van der Waals surface area contributed by atoms with Gasteiger partial charge in [0.15, 0.2) is 6.04 Å². The van der Waals surface area contributed by atoms with Gasteiger partial charge in [-0.25, -0.2) is 4.79 Å². The number of benzene rings is 2. The average molecular weight is 297 g/mol. The molecule has 2 atom stereocenters. The molecule has 1 aliphatic heterocycles. The Morgan fingerprint density at radius 2 is 1.95 bits per heavy atom. The van der Waals surface area contributed by atoms with Crippen LogP contribution in [-0.2, 0) is 4.74 Å². The maximum atomic E-state index is 12.6. The third-order valence-electron chi connectivity index (χ3n) is 3.72. The summed E-state index contributed by atoms with van der Waals surface area (Å²) in [7, 11) is 0. The Balaban J connectivity index is 1.99. The number of ether oxygens (including phenoxy) is 1. The van der Waals surface area contributed by atoms with Gasteiger partial charge in [0, 0.05) is 11.6 Å². The van der Waals surface area contributed by atoms with E-state index >= 15 is 0 Å². The smallest absolute Gasteiger partial charge is 0.338 e. The lowest BCUT2D eigenvalue weighted by molar-refractivity contribution is -0.796. The van der Waals surface area contributed by atoms with Gasteiger partial charge in [-0.05, 0) is 19.1 Å². The van der Waals surface area contributed by atoms with E-state index in [1.807, 2.05) is 6.07 Å². The molecule has 2 aromatic rings. The minimum Gasteiger partial charge on any atom is -0.628 e. The fourth-order valence-electron chi connectivity index (χ4n) is 2.68. The molecule has 22 heavy (non-hydrogen) atoms. The van der Waals surface area contributed by atoms with Crippen LogP contribution in [0.2, 0.25) is 0 Å². The van der Waals surface area contributed by atoms with Crippen molar-refractivity contribution < 1.29 is 19.4 Å². The van der Waals surface area contributed by atoms with Crippen molar-refractivity contribution >= 4 is 17.4 Å². The third kappa shape index (κ3) is 2.30. The lowest BCUT2D eigenvalue weighted by Gasteiger charge is -2.23. The highest BCUT2D eigenvalue weighted by atomic mass is 16.5. The number of hydroxylamine groups is 1. The highest BCUT2D eigenvalue weighted by Crippen LogP contribution is 2.28. The molecule has 0 aliphatic carbocycles. The topological polar surface area (TPSA) is 70.9 Å². The number of hydrogen-bond acceptors (Lipinski definition) is 4. The second-order valence-corrected chi connectivity index (χ2v) is 5.05. The summed E-state index contributed by atoms with van der Waals surface area (Å²) in [6.45, 7) is 1.97. The molecule has 5 heteroatoms. The van der Waals surface area contributed by atoms with Crippen molar-refractivity contribution in [2.45, 2.75) is 13.0 Å². The van der Waals surface area contributed by atoms with Crippen molar-refractivity contribution in [3.05, 3.63) is 70.4 Å². The average Bonchev–Trinajstić information content (AvgIpc) is 2.79. The molecule has 0 fully saturated rings. The molecule has 0 bridgehead atoms. The molecule has 0 aromatic heterocycles. The Labute approximate surface area is 127 Å². The van der Waals surface area contributed by atoms with Gasteiger partial charge < -0.3 is 15.0 Å². The normalized spacial score (nSPS) is 19.8. The van der Waals surface area contributed by atoms with Gasteiger partial charge >= 0.3 is 5.97 Å². The highest BCUT2D eigenvalue weighted by Gasteiger charge is 2.39. The number of ketones is 1. The van der Waals surface area contributed by atoms with Crippen molar-refractivity contribution in [2.75, 3.05) is 6.61 Å². The zero-order chi connectivity index (χ0) is 15.7. The first kappa shape index (κ1) is 14.4. The molecule has 3 rings (SSSR count). The summed E-state index contributed by atoms with van der Waals surface area (Å²) >= 11 is 0.